The summed E-state index contributed by atoms with van der Waals surface area (Å²) in [6, 6.07) is 15.7. The molecule has 4 nitrogen and oxygen atoms in total. The van der Waals surface area contributed by atoms with E-state index in [4.69, 9.17) is 11.6 Å². The van der Waals surface area contributed by atoms with Crippen molar-refractivity contribution in [2.24, 2.45) is 0 Å². The van der Waals surface area contributed by atoms with Crippen molar-refractivity contribution in [2.45, 2.75) is 20.8 Å². The van der Waals surface area contributed by atoms with Gasteiger partial charge in [-0.3, -0.25) is 0 Å². The third-order valence-electron chi connectivity index (χ3n) is 3.59. The third kappa shape index (κ3) is 4.03. The van der Waals surface area contributed by atoms with E-state index >= 15 is 0 Å². The highest BCUT2D eigenvalue weighted by Crippen LogP contribution is 2.23. The highest BCUT2D eigenvalue weighted by atomic mass is 35.5. The van der Waals surface area contributed by atoms with Crippen molar-refractivity contribution in [1.82, 2.24) is 9.97 Å². The Bertz CT molecular complexity index is 877. The number of hydrogen-bond acceptors (Lipinski definition) is 4. The van der Waals surface area contributed by atoms with Gasteiger partial charge in [0.25, 0.3) is 0 Å². The molecular weight excluding hydrogens is 320 g/mol. The quantitative estimate of drug-likeness (QED) is 0.655. The zero-order chi connectivity index (χ0) is 17.1. The van der Waals surface area contributed by atoms with Crippen LogP contribution in [0.1, 0.15) is 16.8 Å². The molecule has 1 heterocycles. The van der Waals surface area contributed by atoms with Gasteiger partial charge in [0, 0.05) is 28.2 Å². The van der Waals surface area contributed by atoms with Crippen molar-refractivity contribution in [2.75, 3.05) is 10.6 Å². The van der Waals surface area contributed by atoms with Gasteiger partial charge in [0.15, 0.2) is 0 Å². The van der Waals surface area contributed by atoms with Gasteiger partial charge in [0.05, 0.1) is 0 Å². The van der Waals surface area contributed by atoms with E-state index in [2.05, 4.69) is 52.6 Å². The van der Waals surface area contributed by atoms with Crippen LogP contribution in [0.15, 0.2) is 48.5 Å². The van der Waals surface area contributed by atoms with Crippen LogP contribution in [0.2, 0.25) is 5.02 Å². The second kappa shape index (κ2) is 6.89. The van der Waals surface area contributed by atoms with Crippen LogP contribution in [0.3, 0.4) is 0 Å². The molecule has 24 heavy (non-hydrogen) atoms. The summed E-state index contributed by atoms with van der Waals surface area (Å²) in [5.41, 5.74) is 5.14. The van der Waals surface area contributed by atoms with Crippen LogP contribution in [0.5, 0.6) is 0 Å². The lowest BCUT2D eigenvalue weighted by Crippen LogP contribution is -2.03. The molecule has 5 heteroatoms. The van der Waals surface area contributed by atoms with E-state index in [0.717, 1.165) is 22.9 Å². The predicted octanol–water partition coefficient (Wildman–Crippen LogP) is 5.54. The van der Waals surface area contributed by atoms with Crippen LogP contribution in [0.4, 0.5) is 23.1 Å². The first-order valence-electron chi connectivity index (χ1n) is 7.72. The van der Waals surface area contributed by atoms with Crippen molar-refractivity contribution in [1.29, 1.82) is 0 Å². The summed E-state index contributed by atoms with van der Waals surface area (Å²) in [5, 5.41) is 7.23. The molecule has 0 atom stereocenters. The Morgan fingerprint density at radius 3 is 2.50 bits per heavy atom. The summed E-state index contributed by atoms with van der Waals surface area (Å²) in [6.07, 6.45) is 0. The zero-order valence-electron chi connectivity index (χ0n) is 13.9. The van der Waals surface area contributed by atoms with Gasteiger partial charge in [0.1, 0.15) is 5.82 Å². The van der Waals surface area contributed by atoms with Gasteiger partial charge >= 0.3 is 0 Å². The number of rotatable bonds is 4. The zero-order valence-corrected chi connectivity index (χ0v) is 14.6. The molecule has 3 rings (SSSR count). The minimum absolute atomic E-state index is 0.532. The maximum Gasteiger partial charge on any atom is 0.229 e. The molecular formula is C19H19ClN4. The van der Waals surface area contributed by atoms with E-state index in [1.54, 1.807) is 0 Å². The molecule has 0 aliphatic heterocycles. The molecule has 1 aromatic heterocycles. The Kier molecular flexibility index (Phi) is 4.67. The van der Waals surface area contributed by atoms with E-state index in [0.29, 0.717) is 11.0 Å². The molecule has 0 unspecified atom stereocenters. The summed E-state index contributed by atoms with van der Waals surface area (Å²) >= 11 is 6.02. The van der Waals surface area contributed by atoms with Crippen LogP contribution < -0.4 is 10.6 Å². The Labute approximate surface area is 146 Å². The molecule has 0 saturated heterocycles. The number of hydrogen-bond donors (Lipinski definition) is 2. The lowest BCUT2D eigenvalue weighted by molar-refractivity contribution is 1.11. The van der Waals surface area contributed by atoms with E-state index in [1.807, 2.05) is 37.3 Å². The molecule has 0 aliphatic rings. The lowest BCUT2D eigenvalue weighted by Gasteiger charge is -2.12. The lowest BCUT2D eigenvalue weighted by atomic mass is 10.1. The topological polar surface area (TPSA) is 49.8 Å². The first-order valence-corrected chi connectivity index (χ1v) is 8.10. The van der Waals surface area contributed by atoms with E-state index in [1.165, 1.54) is 11.1 Å². The number of nitrogens with zero attached hydrogens (tertiary/aromatic N) is 2. The van der Waals surface area contributed by atoms with Gasteiger partial charge in [-0.2, -0.15) is 4.98 Å². The van der Waals surface area contributed by atoms with Gasteiger partial charge in [-0.1, -0.05) is 29.8 Å². The molecule has 0 bridgehead atoms. The second-order valence-electron chi connectivity index (χ2n) is 5.80. The average Bonchev–Trinajstić information content (AvgIpc) is 2.50. The van der Waals surface area contributed by atoms with Crippen molar-refractivity contribution >= 4 is 34.7 Å². The minimum atomic E-state index is 0.532. The van der Waals surface area contributed by atoms with Gasteiger partial charge in [-0.05, 0) is 56.2 Å². The summed E-state index contributed by atoms with van der Waals surface area (Å²) in [4.78, 5) is 8.98. The Balaban J connectivity index is 1.87. The van der Waals surface area contributed by atoms with Crippen LogP contribution in [-0.4, -0.2) is 9.97 Å². The van der Waals surface area contributed by atoms with Crippen molar-refractivity contribution < 1.29 is 0 Å². The first kappa shape index (κ1) is 16.3. The highest BCUT2D eigenvalue weighted by Gasteiger charge is 2.06. The Morgan fingerprint density at radius 1 is 0.875 bits per heavy atom. The SMILES string of the molecule is Cc1ccc(C)c(Nc2cc(C)nc(Nc3cccc(Cl)c3)n2)c1. The minimum Gasteiger partial charge on any atom is -0.340 e. The fourth-order valence-corrected chi connectivity index (χ4v) is 2.58. The molecule has 2 aromatic carbocycles. The van der Waals surface area contributed by atoms with Crippen LogP contribution in [0, 0.1) is 20.8 Å². The standard InChI is InChI=1S/C19H19ClN4/c1-12-7-8-13(2)17(9-12)23-18-10-14(3)21-19(24-18)22-16-6-4-5-15(20)11-16/h4-11H,1-3H3,(H2,21,22,23,24). The largest absolute Gasteiger partial charge is 0.340 e. The number of halogens is 1. The van der Waals surface area contributed by atoms with Gasteiger partial charge in [0.2, 0.25) is 5.95 Å². The molecule has 0 aliphatic carbocycles. The van der Waals surface area contributed by atoms with Gasteiger partial charge in [-0.25, -0.2) is 4.98 Å². The fourth-order valence-electron chi connectivity index (χ4n) is 2.39. The fraction of sp³-hybridized carbons (Fsp3) is 0.158. The summed E-state index contributed by atoms with van der Waals surface area (Å²) < 4.78 is 0. The van der Waals surface area contributed by atoms with Crippen molar-refractivity contribution in [3.8, 4) is 0 Å². The van der Waals surface area contributed by atoms with Crippen LogP contribution in [-0.2, 0) is 0 Å². The Morgan fingerprint density at radius 2 is 1.71 bits per heavy atom. The maximum atomic E-state index is 6.02. The summed E-state index contributed by atoms with van der Waals surface area (Å²) in [7, 11) is 0. The summed E-state index contributed by atoms with van der Waals surface area (Å²) in [6.45, 7) is 6.09. The molecule has 0 fully saturated rings. The number of anilines is 4. The Hall–Kier alpha value is -2.59. The molecule has 0 saturated carbocycles. The number of benzene rings is 2. The van der Waals surface area contributed by atoms with Gasteiger partial charge < -0.3 is 10.6 Å². The summed E-state index contributed by atoms with van der Waals surface area (Å²) in [5.74, 6) is 1.28. The normalized spacial score (nSPS) is 10.5. The molecule has 3 aromatic rings. The number of nitrogens with one attached hydrogen (secondary N) is 2. The number of aryl methyl sites for hydroxylation is 3. The van der Waals surface area contributed by atoms with Crippen molar-refractivity contribution in [3.05, 3.63) is 70.4 Å². The molecule has 0 spiro atoms. The van der Waals surface area contributed by atoms with E-state index in [9.17, 15) is 0 Å². The maximum absolute atomic E-state index is 6.02. The van der Waals surface area contributed by atoms with Crippen LogP contribution >= 0.6 is 11.6 Å². The molecule has 0 radical (unpaired) electrons. The predicted molar refractivity (Wildman–Crippen MR) is 101 cm³/mol. The first-order chi connectivity index (χ1) is 11.5. The van der Waals surface area contributed by atoms with Gasteiger partial charge in [-0.15, -0.1) is 0 Å². The average molecular weight is 339 g/mol. The smallest absolute Gasteiger partial charge is 0.229 e. The molecule has 2 N–H and O–H groups in total. The highest BCUT2D eigenvalue weighted by molar-refractivity contribution is 6.30. The molecule has 122 valence electrons. The van der Waals surface area contributed by atoms with Crippen molar-refractivity contribution in [3.63, 3.8) is 0 Å². The van der Waals surface area contributed by atoms with Crippen LogP contribution in [0.25, 0.3) is 0 Å². The van der Waals surface area contributed by atoms with E-state index in [-0.39, 0.29) is 0 Å². The monoisotopic (exact) mass is 338 g/mol. The van der Waals surface area contributed by atoms with E-state index < -0.39 is 0 Å². The third-order valence-corrected chi connectivity index (χ3v) is 3.83. The number of aromatic nitrogens is 2. The second-order valence-corrected chi connectivity index (χ2v) is 6.23. The molecule has 0 amide bonds.